The highest BCUT2D eigenvalue weighted by atomic mass is 15.2. The molecule has 4 heteroatoms. The molecule has 2 rings (SSSR count). The molecule has 0 aromatic carbocycles. The van der Waals surface area contributed by atoms with Crippen LogP contribution in [0.2, 0.25) is 0 Å². The molecular weight excluding hydrogens is 200 g/mol. The molecular formula is C12H22N4. The molecule has 1 aromatic heterocycles. The summed E-state index contributed by atoms with van der Waals surface area (Å²) in [5.74, 6) is 0. The first-order chi connectivity index (χ1) is 7.90. The second kappa shape index (κ2) is 6.03. The van der Waals surface area contributed by atoms with E-state index in [4.69, 9.17) is 0 Å². The summed E-state index contributed by atoms with van der Waals surface area (Å²) >= 11 is 0. The lowest BCUT2D eigenvalue weighted by Crippen LogP contribution is -2.44. The number of aromatic nitrogens is 1. The minimum absolute atomic E-state index is 0.473. The standard InChI is InChI=1S/C12H22N4/c1-13-12(11-2-4-15-10-11)3-7-16-8-5-14-6-9-16/h2,4,10,12-15H,3,5-9H2,1H3. The second-order valence-corrected chi connectivity index (χ2v) is 4.37. The summed E-state index contributed by atoms with van der Waals surface area (Å²) in [5, 5.41) is 6.76. The van der Waals surface area contributed by atoms with E-state index < -0.39 is 0 Å². The molecule has 1 fully saturated rings. The van der Waals surface area contributed by atoms with Gasteiger partial charge in [-0.25, -0.2) is 0 Å². The summed E-state index contributed by atoms with van der Waals surface area (Å²) in [5.41, 5.74) is 1.36. The van der Waals surface area contributed by atoms with E-state index in [1.807, 2.05) is 13.2 Å². The number of piperazine rings is 1. The lowest BCUT2D eigenvalue weighted by atomic mass is 10.1. The van der Waals surface area contributed by atoms with Crippen LogP contribution in [0.25, 0.3) is 0 Å². The molecule has 0 radical (unpaired) electrons. The van der Waals surface area contributed by atoms with Crippen LogP contribution in [-0.2, 0) is 0 Å². The van der Waals surface area contributed by atoms with E-state index in [0.29, 0.717) is 6.04 Å². The maximum atomic E-state index is 3.38. The first kappa shape index (κ1) is 11.6. The SMILES string of the molecule is CNC(CCN1CCNCC1)c1cc[nH]c1. The Morgan fingerprint density at radius 1 is 1.44 bits per heavy atom. The van der Waals surface area contributed by atoms with E-state index in [2.05, 4.69) is 32.8 Å². The van der Waals surface area contributed by atoms with Crippen molar-refractivity contribution < 1.29 is 0 Å². The molecule has 1 aliphatic rings. The van der Waals surface area contributed by atoms with Crippen molar-refractivity contribution in [2.75, 3.05) is 39.8 Å². The maximum Gasteiger partial charge on any atom is 0.0344 e. The van der Waals surface area contributed by atoms with Crippen molar-refractivity contribution in [1.29, 1.82) is 0 Å². The Labute approximate surface area is 97.4 Å². The van der Waals surface area contributed by atoms with Crippen molar-refractivity contribution in [3.8, 4) is 0 Å². The van der Waals surface area contributed by atoms with E-state index in [-0.39, 0.29) is 0 Å². The van der Waals surface area contributed by atoms with E-state index in [1.165, 1.54) is 31.6 Å². The van der Waals surface area contributed by atoms with Gasteiger partial charge >= 0.3 is 0 Å². The van der Waals surface area contributed by atoms with Crippen molar-refractivity contribution in [1.82, 2.24) is 20.5 Å². The summed E-state index contributed by atoms with van der Waals surface area (Å²) in [7, 11) is 2.04. The number of H-pyrrole nitrogens is 1. The van der Waals surface area contributed by atoms with Crippen LogP contribution < -0.4 is 10.6 Å². The van der Waals surface area contributed by atoms with Crippen molar-refractivity contribution in [2.45, 2.75) is 12.5 Å². The number of aromatic amines is 1. The van der Waals surface area contributed by atoms with Gasteiger partial charge in [-0.2, -0.15) is 0 Å². The highest BCUT2D eigenvalue weighted by Gasteiger charge is 2.13. The second-order valence-electron chi connectivity index (χ2n) is 4.37. The average Bonchev–Trinajstić information content (AvgIpc) is 2.85. The van der Waals surface area contributed by atoms with Crippen LogP contribution in [-0.4, -0.2) is 49.7 Å². The van der Waals surface area contributed by atoms with Gasteiger partial charge in [0.25, 0.3) is 0 Å². The molecule has 4 nitrogen and oxygen atoms in total. The number of nitrogens with one attached hydrogen (secondary N) is 3. The third kappa shape index (κ3) is 3.07. The molecule has 1 aliphatic heterocycles. The molecule has 0 amide bonds. The number of hydrogen-bond acceptors (Lipinski definition) is 3. The van der Waals surface area contributed by atoms with Crippen molar-refractivity contribution in [3.63, 3.8) is 0 Å². The van der Waals surface area contributed by atoms with Crippen LogP contribution in [0.3, 0.4) is 0 Å². The summed E-state index contributed by atoms with van der Waals surface area (Å²) in [6, 6.07) is 2.62. The Bertz CT molecular complexity index is 277. The van der Waals surface area contributed by atoms with Crippen molar-refractivity contribution in [2.24, 2.45) is 0 Å². The molecule has 1 atom stereocenters. The Balaban J connectivity index is 1.78. The zero-order chi connectivity index (χ0) is 11.2. The fourth-order valence-corrected chi connectivity index (χ4v) is 2.28. The monoisotopic (exact) mass is 222 g/mol. The minimum Gasteiger partial charge on any atom is -0.367 e. The molecule has 16 heavy (non-hydrogen) atoms. The molecule has 0 aliphatic carbocycles. The number of nitrogens with zero attached hydrogens (tertiary/aromatic N) is 1. The highest BCUT2D eigenvalue weighted by Crippen LogP contribution is 2.15. The molecule has 90 valence electrons. The van der Waals surface area contributed by atoms with Gasteiger partial charge in [0.2, 0.25) is 0 Å². The third-order valence-electron chi connectivity index (χ3n) is 3.32. The van der Waals surface area contributed by atoms with Crippen LogP contribution in [0.5, 0.6) is 0 Å². The van der Waals surface area contributed by atoms with Crippen LogP contribution in [0.15, 0.2) is 18.5 Å². The first-order valence-corrected chi connectivity index (χ1v) is 6.13. The molecule has 0 saturated carbocycles. The third-order valence-corrected chi connectivity index (χ3v) is 3.32. The van der Waals surface area contributed by atoms with E-state index in [0.717, 1.165) is 13.1 Å². The molecule has 0 bridgehead atoms. The Kier molecular flexibility index (Phi) is 4.39. The van der Waals surface area contributed by atoms with Gasteiger partial charge in [-0.1, -0.05) is 0 Å². The molecule has 1 unspecified atom stereocenters. The maximum absolute atomic E-state index is 3.38. The summed E-state index contributed by atoms with van der Waals surface area (Å²) in [4.78, 5) is 5.65. The van der Waals surface area contributed by atoms with Gasteiger partial charge in [0.05, 0.1) is 0 Å². The average molecular weight is 222 g/mol. The van der Waals surface area contributed by atoms with E-state index in [9.17, 15) is 0 Å². The normalized spacial score (nSPS) is 19.8. The van der Waals surface area contributed by atoms with Gasteiger partial charge in [-0.3, -0.25) is 0 Å². The largest absolute Gasteiger partial charge is 0.367 e. The summed E-state index contributed by atoms with van der Waals surface area (Å²) in [6.45, 7) is 5.81. The molecule has 1 aromatic rings. The quantitative estimate of drug-likeness (QED) is 0.682. The topological polar surface area (TPSA) is 43.1 Å². The fourth-order valence-electron chi connectivity index (χ4n) is 2.28. The van der Waals surface area contributed by atoms with Crippen LogP contribution in [0.1, 0.15) is 18.0 Å². The lowest BCUT2D eigenvalue weighted by Gasteiger charge is -2.28. The smallest absolute Gasteiger partial charge is 0.0344 e. The van der Waals surface area contributed by atoms with Crippen molar-refractivity contribution in [3.05, 3.63) is 24.0 Å². The number of hydrogen-bond donors (Lipinski definition) is 3. The zero-order valence-corrected chi connectivity index (χ0v) is 10.00. The van der Waals surface area contributed by atoms with Gasteiger partial charge in [0, 0.05) is 51.2 Å². The van der Waals surface area contributed by atoms with E-state index in [1.54, 1.807) is 0 Å². The van der Waals surface area contributed by atoms with Gasteiger partial charge in [-0.05, 0) is 25.1 Å². The van der Waals surface area contributed by atoms with Crippen LogP contribution >= 0.6 is 0 Å². The Morgan fingerprint density at radius 3 is 2.88 bits per heavy atom. The molecule has 2 heterocycles. The van der Waals surface area contributed by atoms with Gasteiger partial charge in [0.1, 0.15) is 0 Å². The van der Waals surface area contributed by atoms with Gasteiger partial charge in [-0.15, -0.1) is 0 Å². The highest BCUT2D eigenvalue weighted by molar-refractivity contribution is 5.13. The zero-order valence-electron chi connectivity index (χ0n) is 10.00. The first-order valence-electron chi connectivity index (χ1n) is 6.13. The van der Waals surface area contributed by atoms with Gasteiger partial charge < -0.3 is 20.5 Å². The minimum atomic E-state index is 0.473. The molecule has 0 spiro atoms. The predicted octanol–water partition coefficient (Wildman–Crippen LogP) is 0.571. The lowest BCUT2D eigenvalue weighted by molar-refractivity contribution is 0.229. The molecule has 1 saturated heterocycles. The fraction of sp³-hybridized carbons (Fsp3) is 0.667. The number of rotatable bonds is 5. The van der Waals surface area contributed by atoms with E-state index >= 15 is 0 Å². The van der Waals surface area contributed by atoms with Crippen LogP contribution in [0, 0.1) is 0 Å². The van der Waals surface area contributed by atoms with Gasteiger partial charge in [0.15, 0.2) is 0 Å². The van der Waals surface area contributed by atoms with Crippen LogP contribution in [0.4, 0.5) is 0 Å². The molecule has 3 N–H and O–H groups in total. The Hall–Kier alpha value is -0.840. The Morgan fingerprint density at radius 2 is 2.25 bits per heavy atom. The summed E-state index contributed by atoms with van der Waals surface area (Å²) in [6.07, 6.45) is 5.25. The summed E-state index contributed by atoms with van der Waals surface area (Å²) < 4.78 is 0. The van der Waals surface area contributed by atoms with Crippen molar-refractivity contribution >= 4 is 0 Å². The predicted molar refractivity (Wildman–Crippen MR) is 66.5 cm³/mol.